The molecular weight excluding hydrogens is 541 g/mol. The summed E-state index contributed by atoms with van der Waals surface area (Å²) in [6.45, 7) is 5.60. The first-order valence-corrected chi connectivity index (χ1v) is 15.3. The van der Waals surface area contributed by atoms with Gasteiger partial charge in [0.05, 0.1) is 23.0 Å². The molecule has 0 saturated heterocycles. The van der Waals surface area contributed by atoms with Gasteiger partial charge in [-0.05, 0) is 105 Å². The molecular formula is C31H32FN5O3S. The van der Waals surface area contributed by atoms with E-state index in [-0.39, 0.29) is 28.7 Å². The molecule has 3 aliphatic carbocycles. The predicted molar refractivity (Wildman–Crippen MR) is 156 cm³/mol. The van der Waals surface area contributed by atoms with Crippen LogP contribution in [0.5, 0.6) is 0 Å². The zero-order valence-corrected chi connectivity index (χ0v) is 23.9. The van der Waals surface area contributed by atoms with E-state index in [1.807, 2.05) is 19.1 Å². The zero-order valence-electron chi connectivity index (χ0n) is 23.1. The second kappa shape index (κ2) is 10.3. The number of allylic oxidation sites excluding steroid dienone is 1. The average molecular weight is 574 g/mol. The molecule has 2 heterocycles. The Labute approximate surface area is 239 Å². The molecule has 0 radical (unpaired) electrons. The molecule has 0 N–H and O–H groups in total. The van der Waals surface area contributed by atoms with Crippen LogP contribution in [0.1, 0.15) is 59.4 Å². The van der Waals surface area contributed by atoms with Gasteiger partial charge in [-0.1, -0.05) is 12.2 Å². The van der Waals surface area contributed by atoms with Gasteiger partial charge in [-0.25, -0.2) is 17.5 Å². The Morgan fingerprint density at radius 1 is 1.20 bits per heavy atom. The van der Waals surface area contributed by atoms with Crippen molar-refractivity contribution in [1.82, 2.24) is 19.1 Å². The molecule has 212 valence electrons. The minimum absolute atomic E-state index is 0.0574. The van der Waals surface area contributed by atoms with Gasteiger partial charge in [-0.3, -0.25) is 14.8 Å². The summed E-state index contributed by atoms with van der Waals surface area (Å²) in [4.78, 5) is 23.0. The summed E-state index contributed by atoms with van der Waals surface area (Å²) in [7, 11) is -2.43. The van der Waals surface area contributed by atoms with E-state index >= 15 is 0 Å². The number of hydrogen-bond acceptors (Lipinski definition) is 6. The number of hydrogen-bond donors (Lipinski definition) is 0. The molecule has 1 aromatic carbocycles. The fraction of sp³-hybridized carbons (Fsp3) is 0.355. The number of carbonyl (C=O) groups excluding carboxylic acids is 1. The highest BCUT2D eigenvalue weighted by Crippen LogP contribution is 2.52. The number of aromatic nitrogens is 3. The van der Waals surface area contributed by atoms with E-state index in [2.05, 4.69) is 21.7 Å². The quantitative estimate of drug-likeness (QED) is 0.223. The topological polar surface area (TPSA) is 97.5 Å². The smallest absolute Gasteiger partial charge is 0.260 e. The lowest BCUT2D eigenvalue weighted by molar-refractivity contribution is 0.0734. The Hall–Kier alpha value is -3.76. The monoisotopic (exact) mass is 573 g/mol. The standard InChI is InChI=1S/C31H32FN5O3S/c1-4-29(33-3)41(39,40)37(25-11-12-25)26-8-5-22-16-28-21(19-35-36(28)24-9-6-23(32)7-10-24)17-31(22,18-26)30(38)27-15-20(2)13-14-34-27/h4,6-7,9-10,13-16,19,25-26H,1,5,8,11-12,17-18H2,2-3H3/b33-29+/t26-,31-/m0/s1. The molecule has 3 aromatic rings. The highest BCUT2D eigenvalue weighted by molar-refractivity contribution is 8.04. The molecule has 8 nitrogen and oxygen atoms in total. The van der Waals surface area contributed by atoms with Gasteiger partial charge in [0.2, 0.25) is 0 Å². The van der Waals surface area contributed by atoms with Crippen LogP contribution in [0.25, 0.3) is 11.8 Å². The predicted octanol–water partition coefficient (Wildman–Crippen LogP) is 5.08. The van der Waals surface area contributed by atoms with Crippen LogP contribution in [-0.2, 0) is 16.4 Å². The summed E-state index contributed by atoms with van der Waals surface area (Å²) in [6, 6.07) is 9.28. The molecule has 41 heavy (non-hydrogen) atoms. The van der Waals surface area contributed by atoms with Crippen molar-refractivity contribution in [2.45, 2.75) is 57.5 Å². The van der Waals surface area contributed by atoms with Crippen LogP contribution in [0.15, 0.2) is 72.0 Å². The van der Waals surface area contributed by atoms with E-state index in [4.69, 9.17) is 0 Å². The molecule has 2 atom stereocenters. The Morgan fingerprint density at radius 2 is 1.95 bits per heavy atom. The van der Waals surface area contributed by atoms with Gasteiger partial charge in [0.15, 0.2) is 10.8 Å². The van der Waals surface area contributed by atoms with Crippen molar-refractivity contribution in [1.29, 1.82) is 0 Å². The van der Waals surface area contributed by atoms with Crippen LogP contribution in [0.4, 0.5) is 4.39 Å². The largest absolute Gasteiger partial charge is 0.291 e. The minimum atomic E-state index is -3.89. The maximum Gasteiger partial charge on any atom is 0.260 e. The Bertz CT molecular complexity index is 1710. The van der Waals surface area contributed by atoms with Crippen molar-refractivity contribution in [3.8, 4) is 5.69 Å². The summed E-state index contributed by atoms with van der Waals surface area (Å²) in [5, 5.41) is 4.54. The van der Waals surface area contributed by atoms with Gasteiger partial charge < -0.3 is 0 Å². The molecule has 2 fully saturated rings. The maximum absolute atomic E-state index is 14.5. The summed E-state index contributed by atoms with van der Waals surface area (Å²) in [6.07, 6.45) is 10.1. The number of halogens is 1. The number of pyridine rings is 1. The number of Topliss-reactive ketones (excluding diaryl/α,β-unsaturated/α-hetero) is 1. The van der Waals surface area contributed by atoms with Gasteiger partial charge in [0.1, 0.15) is 11.5 Å². The van der Waals surface area contributed by atoms with E-state index in [0.29, 0.717) is 31.4 Å². The van der Waals surface area contributed by atoms with E-state index in [1.54, 1.807) is 39.6 Å². The van der Waals surface area contributed by atoms with Gasteiger partial charge in [0, 0.05) is 25.3 Å². The summed E-state index contributed by atoms with van der Waals surface area (Å²) >= 11 is 0. The third-order valence-corrected chi connectivity index (χ3v) is 10.5. The fourth-order valence-corrected chi connectivity index (χ4v) is 8.27. The lowest BCUT2D eigenvalue weighted by atomic mass is 9.60. The summed E-state index contributed by atoms with van der Waals surface area (Å²) in [5.74, 6) is -0.441. The first-order valence-electron chi connectivity index (χ1n) is 13.8. The lowest BCUT2D eigenvalue weighted by Gasteiger charge is -2.46. The summed E-state index contributed by atoms with van der Waals surface area (Å²) < 4.78 is 44.5. The van der Waals surface area contributed by atoms with E-state index in [0.717, 1.165) is 40.9 Å². The van der Waals surface area contributed by atoms with Crippen molar-refractivity contribution in [3.05, 3.63) is 95.4 Å². The SMILES string of the molecule is C=C/C(=N\C)S(=O)(=O)N(C1CC1)[C@H]1CCC2=Cc3c(cnn3-c3ccc(F)cc3)C[C@]2(C(=O)c2cc(C)ccn2)C1. The number of aryl methyl sites for hydroxylation is 1. The highest BCUT2D eigenvalue weighted by Gasteiger charge is 2.54. The molecule has 0 unspecified atom stereocenters. The van der Waals surface area contributed by atoms with Crippen LogP contribution < -0.4 is 0 Å². The van der Waals surface area contributed by atoms with Crippen LogP contribution in [-0.4, -0.2) is 57.4 Å². The zero-order chi connectivity index (χ0) is 28.9. The lowest BCUT2D eigenvalue weighted by Crippen LogP contribution is -2.52. The van der Waals surface area contributed by atoms with Gasteiger partial charge in [-0.15, -0.1) is 0 Å². The number of aliphatic imine (C=N–C) groups is 1. The Balaban J connectivity index is 1.46. The number of benzene rings is 1. The van der Waals surface area contributed by atoms with E-state index in [9.17, 15) is 17.6 Å². The molecule has 10 heteroatoms. The normalized spacial score (nSPS) is 22.6. The van der Waals surface area contributed by atoms with Gasteiger partial charge in [0.25, 0.3) is 10.0 Å². The van der Waals surface area contributed by atoms with Crippen LogP contribution in [0.3, 0.4) is 0 Å². The Kier molecular flexibility index (Phi) is 6.86. The third-order valence-electron chi connectivity index (χ3n) is 8.49. The van der Waals surface area contributed by atoms with Crippen molar-refractivity contribution in [2.75, 3.05) is 7.05 Å². The molecule has 0 spiro atoms. The fourth-order valence-electron chi connectivity index (χ4n) is 6.43. The molecule has 2 aromatic heterocycles. The molecule has 0 aliphatic heterocycles. The number of rotatable bonds is 7. The summed E-state index contributed by atoms with van der Waals surface area (Å²) in [5.41, 5.74) is 3.71. The first-order chi connectivity index (χ1) is 19.7. The Morgan fingerprint density at radius 3 is 2.61 bits per heavy atom. The molecule has 6 rings (SSSR count). The minimum Gasteiger partial charge on any atom is -0.291 e. The molecule has 0 bridgehead atoms. The van der Waals surface area contributed by atoms with Gasteiger partial charge in [-0.2, -0.15) is 9.40 Å². The average Bonchev–Trinajstić information content (AvgIpc) is 3.70. The molecule has 3 aliphatic rings. The van der Waals surface area contributed by atoms with E-state index in [1.165, 1.54) is 25.3 Å². The third kappa shape index (κ3) is 4.68. The highest BCUT2D eigenvalue weighted by atomic mass is 32.2. The second-order valence-corrected chi connectivity index (χ2v) is 12.9. The molecule has 2 saturated carbocycles. The van der Waals surface area contributed by atoms with Crippen LogP contribution in [0, 0.1) is 18.2 Å². The van der Waals surface area contributed by atoms with E-state index < -0.39 is 15.4 Å². The van der Waals surface area contributed by atoms with Gasteiger partial charge >= 0.3 is 0 Å². The molecule has 0 amide bonds. The van der Waals surface area contributed by atoms with Crippen LogP contribution >= 0.6 is 0 Å². The van der Waals surface area contributed by atoms with Crippen molar-refractivity contribution in [2.24, 2.45) is 10.4 Å². The number of sulfonamides is 1. The van der Waals surface area contributed by atoms with Crippen molar-refractivity contribution >= 4 is 26.9 Å². The maximum atomic E-state index is 14.5. The second-order valence-electron chi connectivity index (χ2n) is 11.1. The van der Waals surface area contributed by atoms with Crippen LogP contribution in [0.2, 0.25) is 0 Å². The number of fused-ring (bicyclic) bond motifs is 2. The number of nitrogens with zero attached hydrogens (tertiary/aromatic N) is 5. The van der Waals surface area contributed by atoms with Crippen molar-refractivity contribution in [3.63, 3.8) is 0 Å². The van der Waals surface area contributed by atoms with Crippen molar-refractivity contribution < 1.29 is 17.6 Å². The number of carbonyl (C=O) groups is 1. The number of ketones is 1. The first kappa shape index (κ1) is 27.4.